The van der Waals surface area contributed by atoms with Crippen LogP contribution in [0.3, 0.4) is 0 Å². The molecule has 222 valence electrons. The van der Waals surface area contributed by atoms with Crippen molar-refractivity contribution in [2.45, 2.75) is 150 Å². The molecule has 2 saturated carbocycles. The monoisotopic (exact) mass is 618 g/mol. The van der Waals surface area contributed by atoms with E-state index in [1.807, 2.05) is 0 Å². The van der Waals surface area contributed by atoms with Gasteiger partial charge >= 0.3 is 58.2 Å². The van der Waals surface area contributed by atoms with Crippen molar-refractivity contribution in [1.82, 2.24) is 9.80 Å². The largest absolute Gasteiger partial charge is 1.00 e. The molecule has 0 radical (unpaired) electrons. The van der Waals surface area contributed by atoms with Crippen LogP contribution in [0.5, 0.6) is 0 Å². The number of rotatable bonds is 16. The van der Waals surface area contributed by atoms with Gasteiger partial charge in [-0.2, -0.15) is 6.42 Å². The van der Waals surface area contributed by atoms with E-state index in [9.17, 15) is 9.59 Å². The summed E-state index contributed by atoms with van der Waals surface area (Å²) in [5.41, 5.74) is -0.238. The molecule has 0 aromatic heterocycles. The third-order valence-corrected chi connectivity index (χ3v) is 8.43. The summed E-state index contributed by atoms with van der Waals surface area (Å²) in [5, 5.41) is 0. The molecule has 5 nitrogen and oxygen atoms in total. The summed E-state index contributed by atoms with van der Waals surface area (Å²) in [6.07, 6.45) is 15.9. The van der Waals surface area contributed by atoms with Gasteiger partial charge in [-0.1, -0.05) is 86.5 Å². The number of hydrogen-bond donors (Lipinski definition) is 0. The molecule has 0 heterocycles. The minimum absolute atomic E-state index is 0. The first-order chi connectivity index (χ1) is 17.9. The van der Waals surface area contributed by atoms with Crippen molar-refractivity contribution in [2.75, 3.05) is 26.3 Å². The van der Waals surface area contributed by atoms with E-state index in [0.29, 0.717) is 50.0 Å². The van der Waals surface area contributed by atoms with Gasteiger partial charge in [0.25, 0.3) is 0 Å². The van der Waals surface area contributed by atoms with E-state index in [2.05, 4.69) is 58.3 Å². The molecular weight excluding hydrogens is 558 g/mol. The summed E-state index contributed by atoms with van der Waals surface area (Å²) in [4.78, 5) is 30.9. The fraction of sp³-hybridized carbons (Fsp3) is 0.909. The Balaban J connectivity index is 0.00000760. The van der Waals surface area contributed by atoms with Crippen molar-refractivity contribution in [2.24, 2.45) is 16.7 Å². The van der Waals surface area contributed by atoms with Crippen LogP contribution in [0.1, 0.15) is 138 Å². The number of carbonyl (C=O) groups excluding carboxylic acids is 2. The smallest absolute Gasteiger partial charge is 0.380 e. The normalized spacial score (nSPS) is 17.6. The first kappa shape index (κ1) is 37.7. The molecule has 2 fully saturated rings. The Kier molecular flexibility index (Phi) is 18.5. The van der Waals surface area contributed by atoms with Crippen LogP contribution < -0.4 is 58.2 Å². The molecular formula is C33H61N2O3Rb. The van der Waals surface area contributed by atoms with Gasteiger partial charge in [-0.15, -0.1) is 0 Å². The van der Waals surface area contributed by atoms with Crippen LogP contribution in [0.4, 0.5) is 0 Å². The Bertz CT molecular complexity index is 697. The topological polar surface area (TPSA) is 49.9 Å². The fourth-order valence-corrected chi connectivity index (χ4v) is 6.22. The molecule has 0 bridgehead atoms. The number of unbranched alkanes of at least 4 members (excludes halogenated alkanes) is 1. The predicted octanol–water partition coefficient (Wildman–Crippen LogP) is 4.82. The number of nitrogens with zero attached hydrogens (tertiary/aromatic N) is 2. The summed E-state index contributed by atoms with van der Waals surface area (Å²) < 4.78 is 6.39. The van der Waals surface area contributed by atoms with E-state index in [4.69, 9.17) is 4.74 Å². The van der Waals surface area contributed by atoms with E-state index in [1.54, 1.807) is 0 Å². The third-order valence-electron chi connectivity index (χ3n) is 8.43. The molecule has 0 atom stereocenters. The second kappa shape index (κ2) is 19.1. The summed E-state index contributed by atoms with van der Waals surface area (Å²) in [6, 6.07) is 0.755. The minimum Gasteiger partial charge on any atom is -0.380 e. The van der Waals surface area contributed by atoms with Crippen LogP contribution in [-0.2, 0) is 14.3 Å². The summed E-state index contributed by atoms with van der Waals surface area (Å²) in [7, 11) is 0. The Morgan fingerprint density at radius 3 is 1.56 bits per heavy atom. The van der Waals surface area contributed by atoms with Gasteiger partial charge in [0.2, 0.25) is 11.8 Å². The maximum atomic E-state index is 13.3. The zero-order chi connectivity index (χ0) is 28.2. The van der Waals surface area contributed by atoms with Gasteiger partial charge in [0.1, 0.15) is 0 Å². The van der Waals surface area contributed by atoms with E-state index in [0.717, 1.165) is 58.0 Å². The summed E-state index contributed by atoms with van der Waals surface area (Å²) in [5.74, 6) is 1.16. The van der Waals surface area contributed by atoms with Crippen molar-refractivity contribution < 1.29 is 72.5 Å². The van der Waals surface area contributed by atoms with Gasteiger partial charge in [0, 0.05) is 48.8 Å². The van der Waals surface area contributed by atoms with Crippen LogP contribution >= 0.6 is 0 Å². The van der Waals surface area contributed by atoms with Gasteiger partial charge < -0.3 is 21.5 Å². The van der Waals surface area contributed by atoms with Crippen LogP contribution in [0.15, 0.2) is 0 Å². The Hall–Kier alpha value is 0.705. The zero-order valence-corrected chi connectivity index (χ0v) is 31.9. The number of hydrogen-bond acceptors (Lipinski definition) is 3. The van der Waals surface area contributed by atoms with Crippen LogP contribution in [-0.4, -0.2) is 60.0 Å². The molecule has 2 aliphatic rings. The van der Waals surface area contributed by atoms with Crippen molar-refractivity contribution in [3.05, 3.63) is 6.92 Å². The molecule has 2 aliphatic carbocycles. The molecule has 39 heavy (non-hydrogen) atoms. The van der Waals surface area contributed by atoms with Crippen LogP contribution in [0, 0.1) is 23.7 Å². The first-order valence-electron chi connectivity index (χ1n) is 15.9. The standard InChI is InChI=1S/C33H61N2O3.Rb/c1-8-9-20-30(36)34(28-16-12-10-13-17-28)23-32(4,5)25-38-26-33(6,7)24-35(29-18-14-11-15-19-29)31(37)22-21-27(2)3;/h27-29H,1,8-26H2,2-7H3;/q-1;+1. The SMILES string of the molecule is [CH2-]CCCC(=O)N(CC(C)(C)COCC(C)(C)CN(C(=O)CCC(C)C)C1CCCCC1)C1CCCCC1.[Rb+]. The second-order valence-electron chi connectivity index (χ2n) is 14.3. The third kappa shape index (κ3) is 14.6. The molecule has 0 aliphatic heterocycles. The van der Waals surface area contributed by atoms with E-state index < -0.39 is 0 Å². The summed E-state index contributed by atoms with van der Waals surface area (Å²) in [6.45, 7) is 20.0. The van der Waals surface area contributed by atoms with E-state index in [-0.39, 0.29) is 74.9 Å². The maximum Gasteiger partial charge on any atom is 1.00 e. The second-order valence-corrected chi connectivity index (χ2v) is 14.3. The minimum atomic E-state index is -0.121. The molecule has 0 aromatic carbocycles. The predicted molar refractivity (Wildman–Crippen MR) is 159 cm³/mol. The van der Waals surface area contributed by atoms with Crippen LogP contribution in [0.25, 0.3) is 0 Å². The molecule has 0 N–H and O–H groups in total. The molecule has 0 spiro atoms. The van der Waals surface area contributed by atoms with Gasteiger partial charge in [-0.3, -0.25) is 9.59 Å². The number of carbonyl (C=O) groups is 2. The van der Waals surface area contributed by atoms with Gasteiger partial charge in [0.15, 0.2) is 0 Å². The number of ether oxygens (including phenoxy) is 1. The summed E-state index contributed by atoms with van der Waals surface area (Å²) >= 11 is 0. The number of amides is 2. The average molecular weight is 619 g/mol. The zero-order valence-electron chi connectivity index (χ0n) is 27.0. The van der Waals surface area contributed by atoms with Crippen molar-refractivity contribution in [3.8, 4) is 0 Å². The quantitative estimate of drug-likeness (QED) is 0.233. The van der Waals surface area contributed by atoms with E-state index in [1.165, 1.54) is 38.5 Å². The Morgan fingerprint density at radius 1 is 0.769 bits per heavy atom. The maximum absolute atomic E-state index is 13.3. The van der Waals surface area contributed by atoms with Gasteiger partial charge in [-0.25, -0.2) is 0 Å². The molecule has 0 aromatic rings. The molecule has 2 amide bonds. The first-order valence-corrected chi connectivity index (χ1v) is 15.9. The van der Waals surface area contributed by atoms with E-state index >= 15 is 0 Å². The molecule has 0 unspecified atom stereocenters. The van der Waals surface area contributed by atoms with Crippen molar-refractivity contribution in [3.63, 3.8) is 0 Å². The average Bonchev–Trinajstić information content (AvgIpc) is 2.88. The molecule has 0 saturated heterocycles. The Labute approximate surface area is 291 Å². The Morgan fingerprint density at radius 2 is 1.18 bits per heavy atom. The van der Waals surface area contributed by atoms with Crippen molar-refractivity contribution >= 4 is 11.8 Å². The van der Waals surface area contributed by atoms with Crippen LogP contribution in [0.2, 0.25) is 0 Å². The van der Waals surface area contributed by atoms with Crippen molar-refractivity contribution in [1.29, 1.82) is 0 Å². The fourth-order valence-electron chi connectivity index (χ4n) is 6.22. The molecule has 6 heteroatoms. The molecule has 2 rings (SSSR count). The van der Waals surface area contributed by atoms with Gasteiger partial charge in [0.05, 0.1) is 13.2 Å². The van der Waals surface area contributed by atoms with Gasteiger partial charge in [-0.05, 0) is 38.0 Å².